The zero-order valence-electron chi connectivity index (χ0n) is 9.85. The number of rotatable bonds is 3. The monoisotopic (exact) mass is 345 g/mol. The molecule has 2 rings (SSSR count). The van der Waals surface area contributed by atoms with Crippen LogP contribution in [0, 0.1) is 0 Å². The highest BCUT2D eigenvalue weighted by Gasteiger charge is 2.39. The summed E-state index contributed by atoms with van der Waals surface area (Å²) in [6, 6.07) is 4.80. The highest BCUT2D eigenvalue weighted by Crippen LogP contribution is 2.34. The fourth-order valence-electron chi connectivity index (χ4n) is 1.85. The van der Waals surface area contributed by atoms with Crippen LogP contribution in [0.2, 0.25) is 5.02 Å². The molecule has 0 radical (unpaired) electrons. The number of nitrogens with zero attached hydrogens (tertiary/aromatic N) is 1. The van der Waals surface area contributed by atoms with Crippen molar-refractivity contribution >= 4 is 50.9 Å². The summed E-state index contributed by atoms with van der Waals surface area (Å²) in [4.78, 5) is 35.6. The van der Waals surface area contributed by atoms with Crippen LogP contribution in [0.1, 0.15) is 10.4 Å². The summed E-state index contributed by atoms with van der Waals surface area (Å²) in [5, 5.41) is 0.225. The van der Waals surface area contributed by atoms with Crippen LogP contribution in [0.3, 0.4) is 0 Å². The molecule has 0 fully saturated rings. The first kappa shape index (κ1) is 14.0. The van der Waals surface area contributed by atoms with Crippen molar-refractivity contribution in [1.29, 1.82) is 0 Å². The summed E-state index contributed by atoms with van der Waals surface area (Å²) >= 11 is 9.04. The molecule has 0 aromatic heterocycles. The number of carbonyl (C=O) groups excluding carboxylic acids is 3. The standard InChI is InChI=1S/C12H9BrClNO4/c1-19-12(18)6(13)5-15-8-4-2-3-7(14)9(8)10(16)11(15)17/h2-4,6H,5H2,1H3. The van der Waals surface area contributed by atoms with E-state index in [4.69, 9.17) is 11.6 Å². The predicted octanol–water partition coefficient (Wildman–Crippen LogP) is 1.81. The number of benzene rings is 1. The van der Waals surface area contributed by atoms with Gasteiger partial charge in [-0.15, -0.1) is 0 Å². The summed E-state index contributed by atoms with van der Waals surface area (Å²) < 4.78 is 4.56. The Balaban J connectivity index is 2.34. The summed E-state index contributed by atoms with van der Waals surface area (Å²) in [7, 11) is 1.25. The second kappa shape index (κ2) is 5.30. The molecule has 0 saturated carbocycles. The average molecular weight is 347 g/mol. The quantitative estimate of drug-likeness (QED) is 0.476. The van der Waals surface area contributed by atoms with Crippen LogP contribution in [0.25, 0.3) is 0 Å². The van der Waals surface area contributed by atoms with Crippen molar-refractivity contribution in [3.05, 3.63) is 28.8 Å². The molecule has 1 unspecified atom stereocenters. The number of hydrogen-bond acceptors (Lipinski definition) is 4. The fourth-order valence-corrected chi connectivity index (χ4v) is 2.58. The van der Waals surface area contributed by atoms with Crippen molar-refractivity contribution in [2.24, 2.45) is 0 Å². The van der Waals surface area contributed by atoms with E-state index in [0.29, 0.717) is 5.69 Å². The number of hydrogen-bond donors (Lipinski definition) is 0. The smallest absolute Gasteiger partial charge is 0.321 e. The van der Waals surface area contributed by atoms with Crippen LogP contribution in [0.15, 0.2) is 18.2 Å². The molecule has 1 aromatic carbocycles. The Morgan fingerprint density at radius 3 is 2.79 bits per heavy atom. The van der Waals surface area contributed by atoms with Crippen LogP contribution in [0.5, 0.6) is 0 Å². The minimum atomic E-state index is -0.709. The lowest BCUT2D eigenvalue weighted by atomic mass is 10.1. The van der Waals surface area contributed by atoms with Crippen molar-refractivity contribution in [1.82, 2.24) is 0 Å². The van der Waals surface area contributed by atoms with E-state index in [2.05, 4.69) is 20.7 Å². The molecule has 19 heavy (non-hydrogen) atoms. The Morgan fingerprint density at radius 2 is 2.16 bits per heavy atom. The van der Waals surface area contributed by atoms with Gasteiger partial charge in [0.05, 0.1) is 23.4 Å². The Labute approximate surface area is 122 Å². The van der Waals surface area contributed by atoms with Gasteiger partial charge in [-0.2, -0.15) is 0 Å². The van der Waals surface area contributed by atoms with Gasteiger partial charge in [0, 0.05) is 6.54 Å². The molecule has 5 nitrogen and oxygen atoms in total. The van der Waals surface area contributed by atoms with Gasteiger partial charge in [0.15, 0.2) is 0 Å². The third-order valence-electron chi connectivity index (χ3n) is 2.75. The van der Waals surface area contributed by atoms with Crippen molar-refractivity contribution in [3.8, 4) is 0 Å². The third kappa shape index (κ3) is 2.37. The number of ether oxygens (including phenoxy) is 1. The lowest BCUT2D eigenvalue weighted by Crippen LogP contribution is -2.37. The van der Waals surface area contributed by atoms with E-state index in [0.717, 1.165) is 0 Å². The second-order valence-corrected chi connectivity index (χ2v) is 5.38. The maximum Gasteiger partial charge on any atom is 0.321 e. The van der Waals surface area contributed by atoms with Gasteiger partial charge >= 0.3 is 5.97 Å². The van der Waals surface area contributed by atoms with Gasteiger partial charge in [-0.05, 0) is 12.1 Å². The minimum Gasteiger partial charge on any atom is -0.468 e. The number of anilines is 1. The number of alkyl halides is 1. The second-order valence-electron chi connectivity index (χ2n) is 3.87. The van der Waals surface area contributed by atoms with Crippen molar-refractivity contribution < 1.29 is 19.1 Å². The number of carbonyl (C=O) groups is 3. The van der Waals surface area contributed by atoms with Gasteiger partial charge in [-0.25, -0.2) is 0 Å². The summed E-state index contributed by atoms with van der Waals surface area (Å²) in [5.74, 6) is -1.88. The topological polar surface area (TPSA) is 63.7 Å². The van der Waals surface area contributed by atoms with Crippen LogP contribution in [-0.4, -0.2) is 36.1 Å². The van der Waals surface area contributed by atoms with Crippen molar-refractivity contribution in [2.75, 3.05) is 18.6 Å². The van der Waals surface area contributed by atoms with Crippen molar-refractivity contribution in [2.45, 2.75) is 4.83 Å². The highest BCUT2D eigenvalue weighted by molar-refractivity contribution is 9.10. The Morgan fingerprint density at radius 1 is 1.47 bits per heavy atom. The summed E-state index contributed by atoms with van der Waals surface area (Å²) in [6.07, 6.45) is 0. The van der Waals surface area contributed by atoms with Crippen LogP contribution >= 0.6 is 27.5 Å². The third-order valence-corrected chi connectivity index (χ3v) is 3.73. The van der Waals surface area contributed by atoms with Crippen molar-refractivity contribution in [3.63, 3.8) is 0 Å². The zero-order valence-corrected chi connectivity index (χ0v) is 12.2. The fraction of sp³-hybridized carbons (Fsp3) is 0.250. The lowest BCUT2D eigenvalue weighted by molar-refractivity contribution is -0.139. The number of methoxy groups -OCH3 is 1. The number of ketones is 1. The first-order valence-electron chi connectivity index (χ1n) is 5.34. The normalized spacial score (nSPS) is 15.4. The van der Waals surface area contributed by atoms with E-state index >= 15 is 0 Å². The highest BCUT2D eigenvalue weighted by atomic mass is 79.9. The lowest BCUT2D eigenvalue weighted by Gasteiger charge is -2.18. The van der Waals surface area contributed by atoms with Crippen LogP contribution in [0.4, 0.5) is 5.69 Å². The first-order valence-corrected chi connectivity index (χ1v) is 6.63. The first-order chi connectivity index (χ1) is 8.97. The molecule has 1 aliphatic rings. The van der Waals surface area contributed by atoms with Crippen LogP contribution in [-0.2, 0) is 14.3 Å². The van der Waals surface area contributed by atoms with Crippen LogP contribution < -0.4 is 4.90 Å². The van der Waals surface area contributed by atoms with E-state index < -0.39 is 22.5 Å². The number of halogens is 2. The Bertz CT molecular complexity index is 575. The van der Waals surface area contributed by atoms with Gasteiger partial charge in [0.2, 0.25) is 0 Å². The molecular weight excluding hydrogens is 337 g/mol. The Kier molecular flexibility index (Phi) is 3.91. The SMILES string of the molecule is COC(=O)C(Br)CN1C(=O)C(=O)c2c(Cl)cccc21. The van der Waals surface area contributed by atoms with E-state index in [-0.39, 0.29) is 17.1 Å². The number of Topliss-reactive ketones (excluding diaryl/α,β-unsaturated/α-hetero) is 1. The molecule has 0 spiro atoms. The largest absolute Gasteiger partial charge is 0.468 e. The molecule has 0 aliphatic carbocycles. The van der Waals surface area contributed by atoms with Gasteiger partial charge in [-0.3, -0.25) is 14.4 Å². The van der Waals surface area contributed by atoms with Gasteiger partial charge in [0.1, 0.15) is 4.83 Å². The molecule has 7 heteroatoms. The molecule has 1 atom stereocenters. The van der Waals surface area contributed by atoms with E-state index in [9.17, 15) is 14.4 Å². The van der Waals surface area contributed by atoms with E-state index in [1.54, 1.807) is 18.2 Å². The van der Waals surface area contributed by atoms with E-state index in [1.807, 2.05) is 0 Å². The average Bonchev–Trinajstić information content (AvgIpc) is 2.64. The van der Waals surface area contributed by atoms with Gasteiger partial charge < -0.3 is 9.64 Å². The predicted molar refractivity (Wildman–Crippen MR) is 72.9 cm³/mol. The Hall–Kier alpha value is -1.40. The molecule has 1 aromatic rings. The number of esters is 1. The molecule has 100 valence electrons. The molecule has 1 heterocycles. The number of amides is 1. The molecular formula is C12H9BrClNO4. The maximum atomic E-state index is 11.9. The maximum absolute atomic E-state index is 11.9. The summed E-state index contributed by atoms with van der Waals surface area (Å²) in [5.41, 5.74) is 0.592. The molecule has 1 amide bonds. The van der Waals surface area contributed by atoms with Gasteiger partial charge in [0.25, 0.3) is 11.7 Å². The molecule has 0 saturated heterocycles. The van der Waals surface area contributed by atoms with Gasteiger partial charge in [-0.1, -0.05) is 33.6 Å². The zero-order chi connectivity index (χ0) is 14.2. The molecule has 1 aliphatic heterocycles. The molecule has 0 bridgehead atoms. The minimum absolute atomic E-state index is 0.00455. The van der Waals surface area contributed by atoms with E-state index in [1.165, 1.54) is 12.0 Å². The number of fused-ring (bicyclic) bond motifs is 1. The molecule has 0 N–H and O–H groups in total. The summed E-state index contributed by atoms with van der Waals surface area (Å²) in [6.45, 7) is 0.00455.